The van der Waals surface area contributed by atoms with Gasteiger partial charge in [-0.2, -0.15) is 18.1 Å². The molecule has 1 aliphatic rings. The van der Waals surface area contributed by atoms with Crippen LogP contribution in [0.25, 0.3) is 0 Å². The Bertz CT molecular complexity index is 164. The molecule has 1 unspecified atom stereocenters. The molecular weight excluding hydrogens is 193 g/mol. The van der Waals surface area contributed by atoms with Gasteiger partial charge in [0.05, 0.1) is 0 Å². The van der Waals surface area contributed by atoms with Gasteiger partial charge < -0.3 is 0 Å². The summed E-state index contributed by atoms with van der Waals surface area (Å²) in [6.45, 7) is 1.35. The van der Waals surface area contributed by atoms with Crippen LogP contribution in [0.3, 0.4) is 0 Å². The first kappa shape index (κ1) is 10.7. The lowest BCUT2D eigenvalue weighted by Gasteiger charge is -2.29. The molecule has 0 bridgehead atoms. The largest absolute Gasteiger partial charge is 0.389 e. The highest BCUT2D eigenvalue weighted by Crippen LogP contribution is 2.29. The molecule has 0 spiro atoms. The van der Waals surface area contributed by atoms with Gasteiger partial charge in [0.2, 0.25) is 0 Å². The highest BCUT2D eigenvalue weighted by atomic mass is 19.4. The minimum atomic E-state index is -4.20. The summed E-state index contributed by atoms with van der Waals surface area (Å²) in [5.74, 6) is 0. The summed E-state index contributed by atoms with van der Waals surface area (Å²) < 4.78 is 35.4. The van der Waals surface area contributed by atoms with E-state index >= 15 is 0 Å². The zero-order valence-corrected chi connectivity index (χ0v) is 6.89. The van der Waals surface area contributed by atoms with Crippen molar-refractivity contribution in [1.82, 2.24) is 0 Å². The molecule has 1 atom stereocenters. The van der Waals surface area contributed by atoms with Crippen molar-refractivity contribution in [2.45, 2.75) is 31.5 Å². The van der Waals surface area contributed by atoms with E-state index in [-0.39, 0.29) is 13.0 Å². The van der Waals surface area contributed by atoms with Crippen molar-refractivity contribution >= 4 is 0 Å². The molecular formula is C6H9F3O4. The van der Waals surface area contributed by atoms with E-state index in [1.807, 2.05) is 0 Å². The van der Waals surface area contributed by atoms with Crippen molar-refractivity contribution in [3.63, 3.8) is 0 Å². The SMILES string of the molecule is CC1(CCC(F)(F)F)COOOO1. The third kappa shape index (κ3) is 3.90. The molecule has 0 aromatic carbocycles. The van der Waals surface area contributed by atoms with Gasteiger partial charge in [0.1, 0.15) is 12.2 Å². The first-order chi connectivity index (χ1) is 5.91. The smallest absolute Gasteiger partial charge is 0.201 e. The lowest BCUT2D eigenvalue weighted by molar-refractivity contribution is -0.689. The second kappa shape index (κ2) is 3.79. The molecule has 13 heavy (non-hydrogen) atoms. The standard InChI is InChI=1S/C6H9F3O4/c1-5(2-3-6(7,8)9)4-10-12-13-11-5/h2-4H2,1H3. The normalized spacial score (nSPS) is 30.5. The van der Waals surface area contributed by atoms with E-state index in [1.165, 1.54) is 6.92 Å². The molecule has 1 fully saturated rings. The Morgan fingerprint density at radius 3 is 2.46 bits per heavy atom. The van der Waals surface area contributed by atoms with E-state index < -0.39 is 18.2 Å². The van der Waals surface area contributed by atoms with E-state index in [1.54, 1.807) is 0 Å². The van der Waals surface area contributed by atoms with Crippen molar-refractivity contribution in [2.75, 3.05) is 6.61 Å². The fourth-order valence-electron chi connectivity index (χ4n) is 0.808. The van der Waals surface area contributed by atoms with Gasteiger partial charge >= 0.3 is 6.18 Å². The van der Waals surface area contributed by atoms with Gasteiger partial charge in [0.25, 0.3) is 0 Å². The average molecular weight is 202 g/mol. The summed E-state index contributed by atoms with van der Waals surface area (Å²) in [6.07, 6.45) is -5.39. The molecule has 1 saturated heterocycles. The lowest BCUT2D eigenvalue weighted by Crippen LogP contribution is -2.39. The van der Waals surface area contributed by atoms with Gasteiger partial charge in [-0.15, -0.1) is 0 Å². The second-order valence-electron chi connectivity index (χ2n) is 3.05. The van der Waals surface area contributed by atoms with E-state index in [0.29, 0.717) is 0 Å². The summed E-state index contributed by atoms with van der Waals surface area (Å²) in [5.41, 5.74) is -1.10. The molecule has 1 rings (SSSR count). The molecule has 0 aromatic rings. The molecule has 0 saturated carbocycles. The van der Waals surface area contributed by atoms with Crippen molar-refractivity contribution in [3.8, 4) is 0 Å². The first-order valence-electron chi connectivity index (χ1n) is 3.62. The van der Waals surface area contributed by atoms with Gasteiger partial charge in [0, 0.05) is 6.42 Å². The van der Waals surface area contributed by atoms with Crippen LogP contribution >= 0.6 is 0 Å². The number of halogens is 3. The van der Waals surface area contributed by atoms with Crippen LogP contribution in [-0.2, 0) is 19.9 Å². The summed E-state index contributed by atoms with van der Waals surface area (Å²) in [4.78, 5) is 8.85. The zero-order valence-electron chi connectivity index (χ0n) is 6.89. The average Bonchev–Trinajstić information content (AvgIpc) is 2.02. The van der Waals surface area contributed by atoms with Crippen LogP contribution in [0, 0.1) is 0 Å². The number of rotatable bonds is 2. The maximum absolute atomic E-state index is 11.8. The Hall–Kier alpha value is -0.370. The van der Waals surface area contributed by atoms with E-state index in [2.05, 4.69) is 19.9 Å². The molecule has 0 radical (unpaired) electrons. The van der Waals surface area contributed by atoms with Crippen molar-refractivity contribution in [1.29, 1.82) is 0 Å². The maximum atomic E-state index is 11.8. The number of alkyl halides is 3. The minimum Gasteiger partial charge on any atom is -0.201 e. The topological polar surface area (TPSA) is 36.9 Å². The van der Waals surface area contributed by atoms with Gasteiger partial charge in [-0.3, -0.25) is 0 Å². The third-order valence-corrected chi connectivity index (χ3v) is 1.61. The molecule has 0 N–H and O–H groups in total. The Kier molecular flexibility index (Phi) is 3.12. The fourth-order valence-corrected chi connectivity index (χ4v) is 0.808. The van der Waals surface area contributed by atoms with Crippen LogP contribution in [0.4, 0.5) is 13.2 Å². The summed E-state index contributed by atoms with van der Waals surface area (Å²) in [7, 11) is 0. The first-order valence-corrected chi connectivity index (χ1v) is 3.62. The Balaban J connectivity index is 2.33. The quantitative estimate of drug-likeness (QED) is 0.641. The van der Waals surface area contributed by atoms with Gasteiger partial charge in [0.15, 0.2) is 0 Å². The van der Waals surface area contributed by atoms with Crippen molar-refractivity contribution < 1.29 is 33.0 Å². The Labute approximate surface area is 72.3 Å². The van der Waals surface area contributed by atoms with E-state index in [0.717, 1.165) is 0 Å². The second-order valence-corrected chi connectivity index (χ2v) is 3.05. The number of hydrogen-bond acceptors (Lipinski definition) is 4. The van der Waals surface area contributed by atoms with Crippen LogP contribution in [0.15, 0.2) is 0 Å². The summed E-state index contributed by atoms with van der Waals surface area (Å²) >= 11 is 0. The molecule has 1 aliphatic heterocycles. The lowest BCUT2D eigenvalue weighted by atomic mass is 10.0. The molecule has 0 aromatic heterocycles. The van der Waals surface area contributed by atoms with Gasteiger partial charge in [-0.25, -0.2) is 4.89 Å². The third-order valence-electron chi connectivity index (χ3n) is 1.61. The monoisotopic (exact) mass is 202 g/mol. The van der Waals surface area contributed by atoms with Crippen LogP contribution in [0.2, 0.25) is 0 Å². The Morgan fingerprint density at radius 2 is 2.00 bits per heavy atom. The van der Waals surface area contributed by atoms with Crippen molar-refractivity contribution in [3.05, 3.63) is 0 Å². The van der Waals surface area contributed by atoms with Crippen LogP contribution in [0.1, 0.15) is 19.8 Å². The van der Waals surface area contributed by atoms with Gasteiger partial charge in [-0.1, -0.05) is 0 Å². The van der Waals surface area contributed by atoms with Crippen molar-refractivity contribution in [2.24, 2.45) is 0 Å². The minimum absolute atomic E-state index is 0.0942. The maximum Gasteiger partial charge on any atom is 0.389 e. The number of hydrogen-bond donors (Lipinski definition) is 0. The molecule has 4 nitrogen and oxygen atoms in total. The molecule has 1 heterocycles. The summed E-state index contributed by atoms with van der Waals surface area (Å²) in [5, 5.41) is 7.85. The van der Waals surface area contributed by atoms with Crippen LogP contribution in [-0.4, -0.2) is 18.4 Å². The Morgan fingerprint density at radius 1 is 1.31 bits per heavy atom. The van der Waals surface area contributed by atoms with Gasteiger partial charge in [-0.05, 0) is 23.4 Å². The van der Waals surface area contributed by atoms with E-state index in [9.17, 15) is 13.2 Å². The predicted molar refractivity (Wildman–Crippen MR) is 32.9 cm³/mol. The highest BCUT2D eigenvalue weighted by Gasteiger charge is 2.37. The molecule has 7 heteroatoms. The molecule has 78 valence electrons. The summed E-state index contributed by atoms with van der Waals surface area (Å²) in [6, 6.07) is 0. The highest BCUT2D eigenvalue weighted by molar-refractivity contribution is 4.74. The molecule has 0 amide bonds. The van der Waals surface area contributed by atoms with Crippen LogP contribution in [0.5, 0.6) is 0 Å². The zero-order chi connectivity index (χ0) is 9.95. The fraction of sp³-hybridized carbons (Fsp3) is 1.00. The molecule has 0 aliphatic carbocycles. The van der Waals surface area contributed by atoms with Crippen LogP contribution < -0.4 is 0 Å². The predicted octanol–water partition coefficient (Wildman–Crippen LogP) is 1.91. The van der Waals surface area contributed by atoms with E-state index in [4.69, 9.17) is 0 Å².